The molecule has 3 N–H and O–H groups in total. The van der Waals surface area contributed by atoms with E-state index >= 15 is 0 Å². The number of nitrogens with one attached hydrogen (secondary N) is 1. The summed E-state index contributed by atoms with van der Waals surface area (Å²) in [6.45, 7) is 4.93. The van der Waals surface area contributed by atoms with E-state index in [0.717, 1.165) is 25.3 Å². The lowest BCUT2D eigenvalue weighted by molar-refractivity contribution is -0.124. The van der Waals surface area contributed by atoms with E-state index in [1.807, 2.05) is 7.05 Å². The fourth-order valence-electron chi connectivity index (χ4n) is 4.59. The van der Waals surface area contributed by atoms with Crippen LogP contribution in [0.15, 0.2) is 0 Å². The van der Waals surface area contributed by atoms with Crippen LogP contribution in [0, 0.1) is 0 Å². The molecule has 2 aliphatic heterocycles. The molecular weight excluding hydrogens is 264 g/mol. The Kier molecular flexibility index (Phi) is 4.52. The van der Waals surface area contributed by atoms with Gasteiger partial charge in [-0.15, -0.1) is 0 Å². The normalized spacial score (nSPS) is 38.9. The monoisotopic (exact) mass is 294 g/mol. The minimum absolute atomic E-state index is 0.181. The van der Waals surface area contributed by atoms with Crippen molar-refractivity contribution in [2.75, 3.05) is 33.2 Å². The molecule has 0 radical (unpaired) electrons. The Morgan fingerprint density at radius 2 is 1.86 bits per heavy atom. The molecule has 3 atom stereocenters. The molecule has 0 aromatic heterocycles. The van der Waals surface area contributed by atoms with Crippen molar-refractivity contribution in [2.45, 2.75) is 62.6 Å². The quantitative estimate of drug-likeness (QED) is 0.794. The Labute approximate surface area is 128 Å². The third-order valence-electron chi connectivity index (χ3n) is 6.06. The lowest BCUT2D eigenvalue weighted by Crippen LogP contribution is -2.53. The van der Waals surface area contributed by atoms with Gasteiger partial charge in [0.2, 0.25) is 5.91 Å². The first-order valence-electron chi connectivity index (χ1n) is 8.61. The van der Waals surface area contributed by atoms with Crippen LogP contribution in [0.25, 0.3) is 0 Å². The number of nitrogens with two attached hydrogens (primary N) is 1. The molecule has 2 saturated heterocycles. The van der Waals surface area contributed by atoms with Gasteiger partial charge in [0.05, 0.1) is 5.54 Å². The van der Waals surface area contributed by atoms with Gasteiger partial charge in [-0.2, -0.15) is 0 Å². The molecule has 3 aliphatic rings. The van der Waals surface area contributed by atoms with Gasteiger partial charge in [0.15, 0.2) is 0 Å². The van der Waals surface area contributed by atoms with Crippen LogP contribution in [-0.2, 0) is 4.79 Å². The number of primary amides is 1. The molecule has 0 aromatic carbocycles. The highest BCUT2D eigenvalue weighted by Crippen LogP contribution is 2.35. The van der Waals surface area contributed by atoms with Gasteiger partial charge in [0.25, 0.3) is 0 Å². The summed E-state index contributed by atoms with van der Waals surface area (Å²) in [6.07, 6.45) is 8.28. The van der Waals surface area contributed by atoms with Crippen LogP contribution < -0.4 is 11.1 Å². The molecule has 1 saturated carbocycles. The topological polar surface area (TPSA) is 61.6 Å². The maximum Gasteiger partial charge on any atom is 0.237 e. The Bertz CT molecular complexity index is 382. The van der Waals surface area contributed by atoms with Crippen LogP contribution in [0.4, 0.5) is 0 Å². The highest BCUT2D eigenvalue weighted by Gasteiger charge is 2.46. The third-order valence-corrected chi connectivity index (χ3v) is 6.06. The molecule has 1 amide bonds. The Hall–Kier alpha value is -0.650. The zero-order chi connectivity index (χ0) is 14.9. The summed E-state index contributed by atoms with van der Waals surface area (Å²) in [5, 5.41) is 3.19. The maximum absolute atomic E-state index is 11.8. The number of carbonyl (C=O) groups excluding carboxylic acids is 1. The van der Waals surface area contributed by atoms with Gasteiger partial charge in [-0.05, 0) is 58.7 Å². The first-order chi connectivity index (χ1) is 10.1. The summed E-state index contributed by atoms with van der Waals surface area (Å²) in [4.78, 5) is 17.1. The molecule has 3 rings (SSSR count). The van der Waals surface area contributed by atoms with E-state index in [0.29, 0.717) is 6.04 Å². The van der Waals surface area contributed by atoms with Crippen LogP contribution in [0.3, 0.4) is 0 Å². The zero-order valence-electron chi connectivity index (χ0n) is 13.3. The van der Waals surface area contributed by atoms with Crippen molar-refractivity contribution < 1.29 is 4.79 Å². The standard InChI is InChI=1S/C16H30N4O/c1-18-16(15(17)21)7-5-13(11-16)20-10-6-14(12-20)19-8-3-2-4-9-19/h13-14,18H,2-12H2,1H3,(H2,17,21). The molecule has 5 heteroatoms. The molecule has 0 spiro atoms. The predicted octanol–water partition coefficient (Wildman–Crippen LogP) is 0.543. The smallest absolute Gasteiger partial charge is 0.237 e. The second-order valence-corrected chi connectivity index (χ2v) is 7.13. The van der Waals surface area contributed by atoms with Gasteiger partial charge in [-0.1, -0.05) is 6.42 Å². The van der Waals surface area contributed by atoms with Crippen molar-refractivity contribution in [1.82, 2.24) is 15.1 Å². The van der Waals surface area contributed by atoms with Crippen LogP contribution in [0.1, 0.15) is 44.9 Å². The maximum atomic E-state index is 11.8. The fraction of sp³-hybridized carbons (Fsp3) is 0.938. The van der Waals surface area contributed by atoms with Gasteiger partial charge in [0, 0.05) is 25.2 Å². The summed E-state index contributed by atoms with van der Waals surface area (Å²) in [5.74, 6) is -0.181. The van der Waals surface area contributed by atoms with E-state index in [4.69, 9.17) is 5.73 Å². The molecular formula is C16H30N4O. The Morgan fingerprint density at radius 1 is 1.10 bits per heavy atom. The summed E-state index contributed by atoms with van der Waals surface area (Å²) >= 11 is 0. The summed E-state index contributed by atoms with van der Waals surface area (Å²) < 4.78 is 0. The predicted molar refractivity (Wildman–Crippen MR) is 84.0 cm³/mol. The van der Waals surface area contributed by atoms with Gasteiger partial charge in [-0.25, -0.2) is 0 Å². The fourth-order valence-corrected chi connectivity index (χ4v) is 4.59. The molecule has 0 bridgehead atoms. The number of piperidine rings is 1. The van der Waals surface area contributed by atoms with E-state index in [1.54, 1.807) is 0 Å². The molecule has 120 valence electrons. The first kappa shape index (κ1) is 15.3. The van der Waals surface area contributed by atoms with Crippen molar-refractivity contribution in [3.8, 4) is 0 Å². The highest BCUT2D eigenvalue weighted by atomic mass is 16.1. The molecule has 1 aliphatic carbocycles. The molecule has 5 nitrogen and oxygen atoms in total. The van der Waals surface area contributed by atoms with Crippen LogP contribution in [-0.4, -0.2) is 66.6 Å². The van der Waals surface area contributed by atoms with Crippen molar-refractivity contribution in [2.24, 2.45) is 5.73 Å². The average molecular weight is 294 g/mol. The molecule has 2 heterocycles. The van der Waals surface area contributed by atoms with E-state index in [9.17, 15) is 4.79 Å². The Balaban J connectivity index is 1.56. The summed E-state index contributed by atoms with van der Waals surface area (Å²) in [5.41, 5.74) is 5.16. The van der Waals surface area contributed by atoms with Crippen molar-refractivity contribution in [3.63, 3.8) is 0 Å². The second-order valence-electron chi connectivity index (χ2n) is 7.13. The first-order valence-corrected chi connectivity index (χ1v) is 8.61. The van der Waals surface area contributed by atoms with Crippen LogP contribution in [0.2, 0.25) is 0 Å². The lowest BCUT2D eigenvalue weighted by Gasteiger charge is -2.33. The number of hydrogen-bond donors (Lipinski definition) is 2. The van der Waals surface area contributed by atoms with E-state index in [2.05, 4.69) is 15.1 Å². The van der Waals surface area contributed by atoms with Crippen LogP contribution >= 0.6 is 0 Å². The van der Waals surface area contributed by atoms with Gasteiger partial charge < -0.3 is 11.1 Å². The van der Waals surface area contributed by atoms with Crippen molar-refractivity contribution in [3.05, 3.63) is 0 Å². The number of carbonyl (C=O) groups is 1. The minimum Gasteiger partial charge on any atom is -0.368 e. The van der Waals surface area contributed by atoms with Gasteiger partial charge >= 0.3 is 0 Å². The molecule has 21 heavy (non-hydrogen) atoms. The number of likely N-dealkylation sites (tertiary alicyclic amines) is 2. The number of amides is 1. The number of likely N-dealkylation sites (N-methyl/N-ethyl adjacent to an activating group) is 1. The molecule has 3 fully saturated rings. The van der Waals surface area contributed by atoms with E-state index in [1.165, 1.54) is 51.9 Å². The number of rotatable bonds is 4. The lowest BCUT2D eigenvalue weighted by atomic mass is 9.96. The molecule has 3 unspecified atom stereocenters. The zero-order valence-corrected chi connectivity index (χ0v) is 13.3. The average Bonchev–Trinajstić information content (AvgIpc) is 3.15. The summed E-state index contributed by atoms with van der Waals surface area (Å²) in [6, 6.07) is 1.27. The largest absolute Gasteiger partial charge is 0.368 e. The molecule has 0 aromatic rings. The van der Waals surface area contributed by atoms with Crippen molar-refractivity contribution >= 4 is 5.91 Å². The second kappa shape index (κ2) is 6.23. The van der Waals surface area contributed by atoms with Gasteiger partial charge in [-0.3, -0.25) is 14.6 Å². The number of nitrogens with zero attached hydrogens (tertiary/aromatic N) is 2. The van der Waals surface area contributed by atoms with E-state index in [-0.39, 0.29) is 5.91 Å². The van der Waals surface area contributed by atoms with Crippen molar-refractivity contribution in [1.29, 1.82) is 0 Å². The van der Waals surface area contributed by atoms with Gasteiger partial charge in [0.1, 0.15) is 0 Å². The summed E-state index contributed by atoms with van der Waals surface area (Å²) in [7, 11) is 1.87. The minimum atomic E-state index is -0.464. The third kappa shape index (κ3) is 2.96. The highest BCUT2D eigenvalue weighted by molar-refractivity contribution is 5.85. The number of hydrogen-bond acceptors (Lipinski definition) is 4. The SMILES string of the molecule is CNC1(C(N)=O)CCC(N2CCC(N3CCCCC3)C2)C1. The Morgan fingerprint density at radius 3 is 2.48 bits per heavy atom. The van der Waals surface area contributed by atoms with Crippen LogP contribution in [0.5, 0.6) is 0 Å². The van der Waals surface area contributed by atoms with E-state index < -0.39 is 5.54 Å².